The maximum Gasteiger partial charge on any atom is 0.330 e. The van der Waals surface area contributed by atoms with Crippen LogP contribution in [0.4, 0.5) is 0 Å². The fourth-order valence-electron chi connectivity index (χ4n) is 10.8. The van der Waals surface area contributed by atoms with Crippen LogP contribution in [0.1, 0.15) is 102 Å². The zero-order valence-electron chi connectivity index (χ0n) is 54.7. The van der Waals surface area contributed by atoms with E-state index in [1.54, 1.807) is 70.3 Å². The molecule has 0 saturated carbocycles. The Hall–Kier alpha value is -9.11. The lowest BCUT2D eigenvalue weighted by atomic mass is 9.87. The van der Waals surface area contributed by atoms with Gasteiger partial charge < -0.3 is 58.7 Å². The number of nitrogens with one attached hydrogen (secondary N) is 2. The minimum atomic E-state index is -1.52. The van der Waals surface area contributed by atoms with Crippen LogP contribution in [-0.4, -0.2) is 177 Å². The molecule has 1 fully saturated rings. The lowest BCUT2D eigenvalue weighted by Gasteiger charge is -2.36. The van der Waals surface area contributed by atoms with E-state index in [-0.39, 0.29) is 57.6 Å². The molecule has 2 N–H and O–H groups in total. The quantitative estimate of drug-likeness (QED) is 0.0971. The van der Waals surface area contributed by atoms with Crippen LogP contribution in [-0.2, 0) is 76.6 Å². The SMILES string of the molecule is COc1ccc(CC[C@H]2OC(=O)[C@@H]3CCCCN3C(=O)C(=O)C(C)(C)COC(=O)C=CCCN(C)C(=O)[C@@H](Cc3ccccc3)NC(=O)[C@H](COC(C)(C)C)N(C)C(=O)[C@H](Cc3ccc4ccccc4c3)NC(=O)[C@H](C)N(C)C(=O)COc3cccc2c3)cc1OC. The van der Waals surface area contributed by atoms with Crippen molar-refractivity contribution < 1.29 is 71.6 Å². The summed E-state index contributed by atoms with van der Waals surface area (Å²) in [5, 5.41) is 7.67. The van der Waals surface area contributed by atoms with Gasteiger partial charge in [0.2, 0.25) is 29.4 Å². The molecule has 2 aliphatic heterocycles. The predicted molar refractivity (Wildman–Crippen MR) is 345 cm³/mol. The maximum absolute atomic E-state index is 15.2. The molecular weight excluding hydrogens is 1180 g/mol. The van der Waals surface area contributed by atoms with Crippen LogP contribution in [0, 0.1) is 5.41 Å². The summed E-state index contributed by atoms with van der Waals surface area (Å²) >= 11 is 0. The van der Waals surface area contributed by atoms with Crippen LogP contribution in [0.25, 0.3) is 10.8 Å². The number of aryl methyl sites for hydroxylation is 1. The van der Waals surface area contributed by atoms with Gasteiger partial charge in [-0.15, -0.1) is 0 Å². The van der Waals surface area contributed by atoms with Crippen LogP contribution in [0.3, 0.4) is 0 Å². The Labute approximate surface area is 539 Å². The number of likely N-dealkylation sites (N-methyl/N-ethyl adjacent to an activating group) is 3. The number of piperidine rings is 1. The molecule has 0 radical (unpaired) electrons. The molecule has 7 rings (SSSR count). The summed E-state index contributed by atoms with van der Waals surface area (Å²) in [4.78, 5) is 134. The number of ketones is 1. The summed E-state index contributed by atoms with van der Waals surface area (Å²) in [5.74, 6) is -5.24. The van der Waals surface area contributed by atoms with E-state index in [4.69, 9.17) is 28.4 Å². The zero-order chi connectivity index (χ0) is 66.9. The molecule has 2 heterocycles. The third kappa shape index (κ3) is 19.2. The van der Waals surface area contributed by atoms with Crippen molar-refractivity contribution in [2.45, 2.75) is 135 Å². The highest BCUT2D eigenvalue weighted by Crippen LogP contribution is 2.33. The van der Waals surface area contributed by atoms with Crippen molar-refractivity contribution in [1.29, 1.82) is 0 Å². The molecule has 92 heavy (non-hydrogen) atoms. The van der Waals surface area contributed by atoms with E-state index in [0.717, 1.165) is 28.0 Å². The first kappa shape index (κ1) is 70.3. The summed E-state index contributed by atoms with van der Waals surface area (Å²) in [7, 11) is 7.48. The van der Waals surface area contributed by atoms with Crippen LogP contribution >= 0.6 is 0 Å². The largest absolute Gasteiger partial charge is 0.493 e. The van der Waals surface area contributed by atoms with Crippen LogP contribution in [0.15, 0.2) is 127 Å². The molecular formula is C71H88N6O15. The molecule has 0 spiro atoms. The number of cyclic esters (lactones) is 2. The van der Waals surface area contributed by atoms with Gasteiger partial charge in [-0.05, 0) is 137 Å². The second-order valence-corrected chi connectivity index (χ2v) is 25.1. The van der Waals surface area contributed by atoms with Gasteiger partial charge in [0.05, 0.1) is 31.8 Å². The van der Waals surface area contributed by atoms with Crippen molar-refractivity contribution in [2.75, 3.05) is 68.3 Å². The third-order valence-corrected chi connectivity index (χ3v) is 16.6. The highest BCUT2D eigenvalue weighted by Gasteiger charge is 2.43. The minimum Gasteiger partial charge on any atom is -0.493 e. The number of benzene rings is 5. The lowest BCUT2D eigenvalue weighted by molar-refractivity contribution is -0.165. The maximum atomic E-state index is 15.2. The average Bonchev–Trinajstić information content (AvgIpc) is 1.05. The van der Waals surface area contributed by atoms with Crippen LogP contribution in [0.5, 0.6) is 17.2 Å². The molecule has 2 bridgehead atoms. The number of carbonyl (C=O) groups is 9. The number of hydrogen-bond acceptors (Lipinski definition) is 15. The van der Waals surface area contributed by atoms with E-state index < -0.39 is 114 Å². The number of nitrogens with zero attached hydrogens (tertiary/aromatic N) is 4. The minimum absolute atomic E-state index is 0.0244. The van der Waals surface area contributed by atoms with E-state index in [9.17, 15) is 38.4 Å². The van der Waals surface area contributed by atoms with Gasteiger partial charge in [-0.25, -0.2) is 9.59 Å². The Morgan fingerprint density at radius 1 is 0.663 bits per heavy atom. The fraction of sp³-hybridized carbons (Fsp3) is 0.451. The smallest absolute Gasteiger partial charge is 0.330 e. The average molecular weight is 1270 g/mol. The second kappa shape index (κ2) is 32.3. The number of methoxy groups -OCH3 is 2. The molecule has 1 saturated heterocycles. The number of Topliss-reactive ketones (excluding diaryl/α,β-unsaturated/α-hetero) is 1. The van der Waals surface area contributed by atoms with E-state index >= 15 is 4.79 Å². The summed E-state index contributed by atoms with van der Waals surface area (Å²) in [6.45, 7) is 8.72. The highest BCUT2D eigenvalue weighted by molar-refractivity contribution is 6.38. The number of rotatable bonds is 11. The molecule has 6 amide bonds. The zero-order valence-corrected chi connectivity index (χ0v) is 54.7. The van der Waals surface area contributed by atoms with Crippen molar-refractivity contribution in [3.63, 3.8) is 0 Å². The van der Waals surface area contributed by atoms with Gasteiger partial charge in [-0.3, -0.25) is 33.6 Å². The van der Waals surface area contributed by atoms with E-state index in [2.05, 4.69) is 10.6 Å². The molecule has 2 aliphatic rings. The number of amides is 6. The van der Waals surface area contributed by atoms with Gasteiger partial charge in [0.15, 0.2) is 18.1 Å². The fourth-order valence-corrected chi connectivity index (χ4v) is 10.8. The van der Waals surface area contributed by atoms with Gasteiger partial charge in [0.1, 0.15) is 48.7 Å². The van der Waals surface area contributed by atoms with Crippen LogP contribution in [0.2, 0.25) is 0 Å². The number of fused-ring (bicyclic) bond motifs is 4. The van der Waals surface area contributed by atoms with Gasteiger partial charge in [0, 0.05) is 53.2 Å². The molecule has 0 unspecified atom stereocenters. The standard InChI is InChI=1S/C71H88N6O15/c1-46-64(81)72-55(40-49-30-33-50-24-15-16-25-51(50)38-49)67(84)76(9)57(43-91-70(2,3)4)65(82)73-54(39-47-22-13-12-14-23-47)66(83)74(7)36-19-18-29-62(79)90-45-71(5,6)63(80)68(85)77-37-20-17-28-56(77)69(86)92-58(34-31-48-32-35-59(87-10)60(41-48)88-11)52-26-21-27-53(42-52)89-44-61(78)75(46)8/h12-16,18,21-27,29-30,32-33,35,38,41-42,46,54-58H,17,19-20,28,31,34,36-37,39-40,43-45H2,1-11H3,(H,72,81)(H,73,82)/t46-,54+,55-,56-,57-,58+/m0/s1. The van der Waals surface area contributed by atoms with Gasteiger partial charge >= 0.3 is 11.9 Å². The number of hydrogen-bond donors (Lipinski definition) is 2. The van der Waals surface area contributed by atoms with Gasteiger partial charge in [0.25, 0.3) is 11.8 Å². The summed E-state index contributed by atoms with van der Waals surface area (Å²) in [6.07, 6.45) is 3.83. The summed E-state index contributed by atoms with van der Waals surface area (Å²) in [5.41, 5.74) is 0.439. The van der Waals surface area contributed by atoms with Gasteiger partial charge in [-0.1, -0.05) is 97.1 Å². The van der Waals surface area contributed by atoms with Crippen molar-refractivity contribution in [2.24, 2.45) is 5.41 Å². The highest BCUT2D eigenvalue weighted by atomic mass is 16.5. The van der Waals surface area contributed by atoms with Crippen molar-refractivity contribution in [3.05, 3.63) is 150 Å². The van der Waals surface area contributed by atoms with Crippen molar-refractivity contribution in [1.82, 2.24) is 30.2 Å². The molecule has 21 heteroatoms. The Morgan fingerprint density at radius 3 is 2.05 bits per heavy atom. The predicted octanol–water partition coefficient (Wildman–Crippen LogP) is 7.33. The van der Waals surface area contributed by atoms with E-state index in [1.807, 2.05) is 72.8 Å². The Morgan fingerprint density at radius 2 is 1.34 bits per heavy atom. The molecule has 0 aliphatic carbocycles. The van der Waals surface area contributed by atoms with E-state index in [1.165, 1.54) is 74.8 Å². The normalized spacial score (nSPS) is 21.9. The van der Waals surface area contributed by atoms with Crippen molar-refractivity contribution >= 4 is 63.9 Å². The monoisotopic (exact) mass is 1260 g/mol. The molecule has 6 atom stereocenters. The topological polar surface area (TPSA) is 246 Å². The summed E-state index contributed by atoms with van der Waals surface area (Å²) in [6, 6.07) is 28.5. The first-order valence-electron chi connectivity index (χ1n) is 31.1. The molecule has 21 nitrogen and oxygen atoms in total. The Kier molecular flexibility index (Phi) is 24.7. The molecule has 5 aromatic carbocycles. The Bertz CT molecular complexity index is 3470. The lowest BCUT2D eigenvalue weighted by Crippen LogP contribution is -2.60. The number of esters is 2. The summed E-state index contributed by atoms with van der Waals surface area (Å²) < 4.78 is 35.2. The van der Waals surface area contributed by atoms with Gasteiger partial charge in [-0.2, -0.15) is 0 Å². The second-order valence-electron chi connectivity index (χ2n) is 25.1. The number of ether oxygens (including phenoxy) is 6. The Balaban J connectivity index is 1.22. The molecule has 492 valence electrons. The van der Waals surface area contributed by atoms with Crippen molar-refractivity contribution in [3.8, 4) is 17.2 Å². The first-order chi connectivity index (χ1) is 43.8. The number of carbonyl (C=O) groups excluding carboxylic acids is 9. The molecule has 5 aromatic rings. The first-order valence-corrected chi connectivity index (χ1v) is 31.1. The third-order valence-electron chi connectivity index (χ3n) is 16.6. The van der Waals surface area contributed by atoms with Crippen LogP contribution < -0.4 is 24.8 Å². The van der Waals surface area contributed by atoms with E-state index in [0.29, 0.717) is 41.9 Å². The molecule has 0 aromatic heterocycles.